The van der Waals surface area contributed by atoms with Gasteiger partial charge in [-0.2, -0.15) is 5.21 Å². The molecule has 5 rings (SSSR count). The van der Waals surface area contributed by atoms with Gasteiger partial charge in [0, 0.05) is 21.2 Å². The highest BCUT2D eigenvalue weighted by atomic mass is 35.5. The smallest absolute Gasteiger partial charge is 0.275 e. The topological polar surface area (TPSA) is 116 Å². The fourth-order valence-electron chi connectivity index (χ4n) is 6.43. The number of hydrogen-bond acceptors (Lipinski definition) is 6. The first-order valence-corrected chi connectivity index (χ1v) is 15.6. The van der Waals surface area contributed by atoms with Gasteiger partial charge in [-0.15, -0.1) is 10.2 Å². The maximum absolute atomic E-state index is 14.5. The molecule has 2 N–H and O–H groups in total. The number of rotatable bonds is 8. The fourth-order valence-corrected chi connectivity index (χ4v) is 6.96. The van der Waals surface area contributed by atoms with Gasteiger partial charge in [0.1, 0.15) is 11.4 Å². The van der Waals surface area contributed by atoms with Crippen LogP contribution in [0.15, 0.2) is 47.5 Å². The van der Waals surface area contributed by atoms with E-state index in [2.05, 4.69) is 60.6 Å². The van der Waals surface area contributed by atoms with Crippen LogP contribution in [-0.4, -0.2) is 48.7 Å². The second-order valence-corrected chi connectivity index (χ2v) is 14.1. The third-order valence-corrected chi connectivity index (χ3v) is 9.13. The summed E-state index contributed by atoms with van der Waals surface area (Å²) < 4.78 is 0. The van der Waals surface area contributed by atoms with Gasteiger partial charge in [-0.1, -0.05) is 75.2 Å². The third-order valence-electron chi connectivity index (χ3n) is 8.70. The van der Waals surface area contributed by atoms with Gasteiger partial charge in [0.05, 0.1) is 12.6 Å². The van der Waals surface area contributed by atoms with Crippen molar-refractivity contribution in [1.29, 1.82) is 0 Å². The molecule has 43 heavy (non-hydrogen) atoms. The van der Waals surface area contributed by atoms with E-state index < -0.39 is 5.66 Å². The summed E-state index contributed by atoms with van der Waals surface area (Å²) >= 11 is 12.7. The molecule has 1 fully saturated rings. The van der Waals surface area contributed by atoms with Gasteiger partial charge in [-0.3, -0.25) is 14.6 Å². The lowest BCUT2D eigenvalue weighted by Gasteiger charge is -2.47. The largest absolute Gasteiger partial charge is 0.345 e. The molecule has 2 aliphatic rings. The van der Waals surface area contributed by atoms with Gasteiger partial charge in [-0.05, 0) is 85.3 Å². The lowest BCUT2D eigenvalue weighted by atomic mass is 9.69. The molecule has 1 saturated carbocycles. The van der Waals surface area contributed by atoms with Crippen LogP contribution < -0.4 is 5.32 Å². The van der Waals surface area contributed by atoms with Crippen LogP contribution in [0.1, 0.15) is 100 Å². The van der Waals surface area contributed by atoms with Crippen molar-refractivity contribution >= 4 is 40.7 Å². The minimum absolute atomic E-state index is 0.111. The van der Waals surface area contributed by atoms with Crippen LogP contribution in [0.25, 0.3) is 0 Å². The van der Waals surface area contributed by atoms with Crippen molar-refractivity contribution in [3.63, 3.8) is 0 Å². The molecule has 228 valence electrons. The number of tetrazole rings is 1. The van der Waals surface area contributed by atoms with Crippen LogP contribution in [0.4, 0.5) is 0 Å². The van der Waals surface area contributed by atoms with Crippen LogP contribution in [0.5, 0.6) is 0 Å². The number of aliphatic imine (C=N–C) groups is 1. The van der Waals surface area contributed by atoms with Crippen molar-refractivity contribution in [3.05, 3.63) is 75.0 Å². The van der Waals surface area contributed by atoms with Crippen LogP contribution in [0, 0.1) is 17.3 Å². The third kappa shape index (κ3) is 6.78. The Morgan fingerprint density at radius 3 is 2.30 bits per heavy atom. The summed E-state index contributed by atoms with van der Waals surface area (Å²) in [6.07, 6.45) is 4.27. The van der Waals surface area contributed by atoms with E-state index in [-0.39, 0.29) is 29.8 Å². The lowest BCUT2D eigenvalue weighted by molar-refractivity contribution is -0.134. The Balaban J connectivity index is 1.49. The van der Waals surface area contributed by atoms with Gasteiger partial charge < -0.3 is 10.2 Å². The molecule has 2 amide bonds. The highest BCUT2D eigenvalue weighted by Gasteiger charge is 2.52. The summed E-state index contributed by atoms with van der Waals surface area (Å²) in [7, 11) is 0. The van der Waals surface area contributed by atoms with Crippen molar-refractivity contribution in [2.24, 2.45) is 22.2 Å². The highest BCUT2D eigenvalue weighted by molar-refractivity contribution is 6.47. The monoisotopic (exact) mass is 623 g/mol. The molecule has 0 radical (unpaired) electrons. The summed E-state index contributed by atoms with van der Waals surface area (Å²) in [6, 6.07) is 12.5. The predicted octanol–water partition coefficient (Wildman–Crippen LogP) is 6.79. The Bertz CT molecular complexity index is 1470. The number of hydrogen-bond donors (Lipinski definition) is 2. The Morgan fingerprint density at radius 1 is 1.09 bits per heavy atom. The molecule has 3 aromatic rings. The number of carbonyl (C=O) groups excluding carboxylic acids is 2. The number of aromatic nitrogens is 4. The standard InChI is InChI=1S/C32H39Cl2N7O2/c1-19(2)14-26(20-6-8-21(9-7-20)29(42)35-18-27-37-39-40-38-27)41-30(43)28(22-15-24(33)17-25(34)16-22)36-32(41)12-10-23(11-13-32)31(3,4)5/h6-9,15-17,19,23,26H,10-14,18H2,1-5H3,(H,35,42)(H,37,38,39,40)/t23?,26-,32?/m1/s1. The minimum Gasteiger partial charge on any atom is -0.345 e. The molecule has 2 heterocycles. The number of halogens is 2. The lowest BCUT2D eigenvalue weighted by Crippen LogP contribution is -2.51. The molecule has 1 aliphatic heterocycles. The Hall–Kier alpha value is -3.30. The first-order chi connectivity index (χ1) is 20.4. The SMILES string of the molecule is CC(C)C[C@H](c1ccc(C(=O)NCc2nn[nH]n2)cc1)N1C(=O)C(c2cc(Cl)cc(Cl)c2)=NC12CCC(C(C)(C)C)CC2. The summed E-state index contributed by atoms with van der Waals surface area (Å²) in [6.45, 7) is 11.4. The molecular formula is C32H39Cl2N7O2. The van der Waals surface area contributed by atoms with E-state index in [0.717, 1.165) is 37.7 Å². The number of aromatic amines is 1. The molecule has 0 saturated heterocycles. The van der Waals surface area contributed by atoms with Gasteiger partial charge in [-0.25, -0.2) is 0 Å². The van der Waals surface area contributed by atoms with Crippen molar-refractivity contribution in [2.45, 2.75) is 85.0 Å². The first-order valence-electron chi connectivity index (χ1n) is 14.9. The van der Waals surface area contributed by atoms with Crippen molar-refractivity contribution in [3.8, 4) is 0 Å². The number of carbonyl (C=O) groups is 2. The van der Waals surface area contributed by atoms with Gasteiger partial charge in [0.15, 0.2) is 5.82 Å². The maximum Gasteiger partial charge on any atom is 0.275 e. The van der Waals surface area contributed by atoms with Crippen LogP contribution in [-0.2, 0) is 11.3 Å². The molecule has 2 aromatic carbocycles. The van der Waals surface area contributed by atoms with Crippen LogP contribution in [0.3, 0.4) is 0 Å². The zero-order valence-corrected chi connectivity index (χ0v) is 26.8. The Kier molecular flexibility index (Phi) is 8.95. The molecule has 11 heteroatoms. The number of benzene rings is 2. The molecule has 0 bridgehead atoms. The average molecular weight is 625 g/mol. The average Bonchev–Trinajstić information content (AvgIpc) is 3.56. The van der Waals surface area contributed by atoms with Crippen molar-refractivity contribution in [2.75, 3.05) is 0 Å². The van der Waals surface area contributed by atoms with Crippen molar-refractivity contribution in [1.82, 2.24) is 30.8 Å². The molecule has 0 unspecified atom stereocenters. The van der Waals surface area contributed by atoms with E-state index in [4.69, 9.17) is 28.2 Å². The van der Waals surface area contributed by atoms with Gasteiger partial charge in [0.25, 0.3) is 11.8 Å². The quantitative estimate of drug-likeness (QED) is 0.286. The number of H-pyrrole nitrogens is 1. The normalized spacial score (nSPS) is 21.4. The fraction of sp³-hybridized carbons (Fsp3) is 0.500. The van der Waals surface area contributed by atoms with Crippen LogP contribution in [0.2, 0.25) is 10.0 Å². The summed E-state index contributed by atoms with van der Waals surface area (Å²) in [5.41, 5.74) is 2.04. The second kappa shape index (κ2) is 12.4. The summed E-state index contributed by atoms with van der Waals surface area (Å²) in [4.78, 5) is 34.6. The van der Waals surface area contributed by atoms with Crippen LogP contribution >= 0.6 is 23.2 Å². The molecule has 1 aromatic heterocycles. The number of nitrogens with zero attached hydrogens (tertiary/aromatic N) is 5. The Morgan fingerprint density at radius 2 is 1.74 bits per heavy atom. The summed E-state index contributed by atoms with van der Waals surface area (Å²) in [5, 5.41) is 17.4. The molecule has 1 atom stereocenters. The highest BCUT2D eigenvalue weighted by Crippen LogP contribution is 2.50. The molecule has 1 spiro atoms. The zero-order chi connectivity index (χ0) is 30.9. The van der Waals surface area contributed by atoms with Gasteiger partial charge >= 0.3 is 0 Å². The Labute approximate surface area is 262 Å². The zero-order valence-electron chi connectivity index (χ0n) is 25.3. The molecular weight excluding hydrogens is 585 g/mol. The van der Waals surface area contributed by atoms with E-state index in [1.54, 1.807) is 30.3 Å². The van der Waals surface area contributed by atoms with Crippen molar-refractivity contribution < 1.29 is 9.59 Å². The molecule has 1 aliphatic carbocycles. The maximum atomic E-state index is 14.5. The summed E-state index contributed by atoms with van der Waals surface area (Å²) in [5.74, 6) is 0.902. The van der Waals surface area contributed by atoms with E-state index in [1.165, 1.54) is 0 Å². The van der Waals surface area contributed by atoms with E-state index in [0.29, 0.717) is 44.5 Å². The van der Waals surface area contributed by atoms with Gasteiger partial charge in [0.2, 0.25) is 0 Å². The van der Waals surface area contributed by atoms with E-state index >= 15 is 0 Å². The van der Waals surface area contributed by atoms with E-state index in [9.17, 15) is 9.59 Å². The predicted molar refractivity (Wildman–Crippen MR) is 168 cm³/mol. The minimum atomic E-state index is -0.664. The number of amides is 2. The molecule has 9 nitrogen and oxygen atoms in total. The van der Waals surface area contributed by atoms with E-state index in [1.807, 2.05) is 17.0 Å². The number of nitrogens with one attached hydrogen (secondary N) is 2. The second-order valence-electron chi connectivity index (χ2n) is 13.2. The first kappa shape index (κ1) is 31.1.